The first-order chi connectivity index (χ1) is 13.5. The maximum absolute atomic E-state index is 12.8. The molecule has 0 saturated heterocycles. The molecule has 0 bridgehead atoms. The van der Waals surface area contributed by atoms with Gasteiger partial charge < -0.3 is 10.1 Å². The quantitative estimate of drug-likeness (QED) is 0.737. The van der Waals surface area contributed by atoms with Crippen molar-refractivity contribution < 1.29 is 9.53 Å². The molecule has 0 unspecified atom stereocenters. The summed E-state index contributed by atoms with van der Waals surface area (Å²) in [4.78, 5) is 25.3. The fraction of sp³-hybridized carbons (Fsp3) is 0.190. The first-order valence-corrected chi connectivity index (χ1v) is 9.30. The Balaban J connectivity index is 1.66. The van der Waals surface area contributed by atoms with Crippen molar-refractivity contribution in [3.63, 3.8) is 0 Å². The third-order valence-corrected chi connectivity index (χ3v) is 4.91. The van der Waals surface area contributed by atoms with Gasteiger partial charge in [-0.15, -0.1) is 0 Å². The average Bonchev–Trinajstić information content (AvgIpc) is 2.69. The lowest BCUT2D eigenvalue weighted by Gasteiger charge is -2.26. The van der Waals surface area contributed by atoms with E-state index >= 15 is 0 Å². The Morgan fingerprint density at radius 2 is 1.96 bits per heavy atom. The van der Waals surface area contributed by atoms with Crippen molar-refractivity contribution in [2.24, 2.45) is 0 Å². The smallest absolute Gasteiger partial charge is 0.276 e. The van der Waals surface area contributed by atoms with Crippen molar-refractivity contribution in [2.75, 3.05) is 6.61 Å². The van der Waals surface area contributed by atoms with Crippen molar-refractivity contribution in [3.05, 3.63) is 86.8 Å². The van der Waals surface area contributed by atoms with Crippen LogP contribution in [0.2, 0.25) is 5.02 Å². The molecule has 0 radical (unpaired) electrons. The second-order valence-corrected chi connectivity index (χ2v) is 7.02. The van der Waals surface area contributed by atoms with Crippen LogP contribution in [-0.4, -0.2) is 22.3 Å². The van der Waals surface area contributed by atoms with Gasteiger partial charge in [0.1, 0.15) is 5.75 Å². The lowest BCUT2D eigenvalue weighted by Crippen LogP contribution is -2.36. The highest BCUT2D eigenvalue weighted by Gasteiger charge is 2.25. The van der Waals surface area contributed by atoms with E-state index in [0.717, 1.165) is 11.3 Å². The minimum absolute atomic E-state index is 0.149. The van der Waals surface area contributed by atoms with Crippen molar-refractivity contribution in [1.29, 1.82) is 0 Å². The van der Waals surface area contributed by atoms with Gasteiger partial charge >= 0.3 is 0 Å². The molecule has 28 heavy (non-hydrogen) atoms. The number of ether oxygens (including phenoxy) is 1. The van der Waals surface area contributed by atoms with Crippen LogP contribution in [0.4, 0.5) is 0 Å². The van der Waals surface area contributed by atoms with Gasteiger partial charge in [0.25, 0.3) is 5.91 Å². The van der Waals surface area contributed by atoms with Gasteiger partial charge in [0, 0.05) is 28.8 Å². The number of para-hydroxylation sites is 1. The number of nitrogens with zero attached hydrogens (tertiary/aromatic N) is 2. The Hall–Kier alpha value is -3.12. The molecule has 1 aliphatic heterocycles. The fourth-order valence-corrected chi connectivity index (χ4v) is 3.39. The second kappa shape index (κ2) is 7.48. The summed E-state index contributed by atoms with van der Waals surface area (Å²) < 4.78 is 7.18. The molecule has 6 nitrogen and oxygen atoms in total. The molecular weight excluding hydrogens is 378 g/mol. The number of benzene rings is 2. The SMILES string of the molecule is Cc1cc(=O)c(C(=O)N[C@@H]2CCOc3ccccc32)nn1-c1ccc(Cl)cc1. The molecule has 7 heteroatoms. The molecule has 0 fully saturated rings. The number of amides is 1. The molecule has 0 spiro atoms. The van der Waals surface area contributed by atoms with E-state index in [1.165, 1.54) is 6.07 Å². The van der Waals surface area contributed by atoms with Crippen LogP contribution in [0.1, 0.15) is 34.2 Å². The van der Waals surface area contributed by atoms with Crippen molar-refractivity contribution in [3.8, 4) is 11.4 Å². The Morgan fingerprint density at radius 3 is 2.75 bits per heavy atom. The maximum Gasteiger partial charge on any atom is 0.276 e. The van der Waals surface area contributed by atoms with Crippen molar-refractivity contribution >= 4 is 17.5 Å². The summed E-state index contributed by atoms with van der Waals surface area (Å²) >= 11 is 5.94. The summed E-state index contributed by atoms with van der Waals surface area (Å²) in [5, 5.41) is 7.83. The molecule has 142 valence electrons. The van der Waals surface area contributed by atoms with E-state index in [0.29, 0.717) is 29.4 Å². The molecule has 3 aromatic rings. The first-order valence-electron chi connectivity index (χ1n) is 8.92. The van der Waals surface area contributed by atoms with Gasteiger partial charge in [-0.3, -0.25) is 9.59 Å². The highest BCUT2D eigenvalue weighted by atomic mass is 35.5. The number of hydrogen-bond donors (Lipinski definition) is 1. The number of hydrogen-bond acceptors (Lipinski definition) is 4. The average molecular weight is 396 g/mol. The number of aryl methyl sites for hydroxylation is 1. The molecule has 2 heterocycles. The zero-order valence-corrected chi connectivity index (χ0v) is 15.9. The number of aromatic nitrogens is 2. The molecule has 1 aliphatic rings. The number of carbonyl (C=O) groups is 1. The minimum atomic E-state index is -0.505. The van der Waals surface area contributed by atoms with Crippen LogP contribution in [0, 0.1) is 6.92 Å². The molecular formula is C21H18ClN3O3. The van der Waals surface area contributed by atoms with Crippen LogP contribution in [0.3, 0.4) is 0 Å². The number of carbonyl (C=O) groups excluding carboxylic acids is 1. The van der Waals surface area contributed by atoms with Gasteiger partial charge in [0.05, 0.1) is 18.3 Å². The van der Waals surface area contributed by atoms with Gasteiger partial charge in [-0.1, -0.05) is 29.8 Å². The summed E-state index contributed by atoms with van der Waals surface area (Å²) in [5.41, 5.74) is 1.67. The van der Waals surface area contributed by atoms with E-state index in [1.54, 1.807) is 35.9 Å². The van der Waals surface area contributed by atoms with Crippen LogP contribution >= 0.6 is 11.6 Å². The maximum atomic E-state index is 12.8. The van der Waals surface area contributed by atoms with Crippen LogP contribution in [0.15, 0.2) is 59.4 Å². The number of halogens is 1. The second-order valence-electron chi connectivity index (χ2n) is 6.59. The lowest BCUT2D eigenvalue weighted by molar-refractivity contribution is 0.0916. The molecule has 0 saturated carbocycles. The van der Waals surface area contributed by atoms with Gasteiger partial charge in [0.15, 0.2) is 5.69 Å². The Labute approximate surface area is 166 Å². The van der Waals surface area contributed by atoms with Crippen LogP contribution < -0.4 is 15.5 Å². The summed E-state index contributed by atoms with van der Waals surface area (Å²) in [6, 6.07) is 15.8. The van der Waals surface area contributed by atoms with Crippen LogP contribution in [0.25, 0.3) is 5.69 Å². The highest BCUT2D eigenvalue weighted by Crippen LogP contribution is 2.31. The molecule has 2 aromatic carbocycles. The Morgan fingerprint density at radius 1 is 1.21 bits per heavy atom. The molecule has 4 rings (SSSR count). The van der Waals surface area contributed by atoms with Gasteiger partial charge in [-0.25, -0.2) is 4.68 Å². The third kappa shape index (κ3) is 3.51. The summed E-state index contributed by atoms with van der Waals surface area (Å²) in [6.45, 7) is 2.26. The van der Waals surface area contributed by atoms with E-state index < -0.39 is 11.3 Å². The fourth-order valence-electron chi connectivity index (χ4n) is 3.27. The summed E-state index contributed by atoms with van der Waals surface area (Å²) in [7, 11) is 0. The first kappa shape index (κ1) is 18.3. The zero-order chi connectivity index (χ0) is 19.7. The Kier molecular flexibility index (Phi) is 4.88. The van der Waals surface area contributed by atoms with Crippen molar-refractivity contribution in [1.82, 2.24) is 15.1 Å². The van der Waals surface area contributed by atoms with Gasteiger partial charge in [-0.05, 0) is 37.3 Å². The molecule has 1 amide bonds. The van der Waals surface area contributed by atoms with Gasteiger partial charge in [-0.2, -0.15) is 5.10 Å². The van der Waals surface area contributed by atoms with E-state index in [1.807, 2.05) is 24.3 Å². The molecule has 1 N–H and O–H groups in total. The van der Waals surface area contributed by atoms with Crippen LogP contribution in [0.5, 0.6) is 5.75 Å². The summed E-state index contributed by atoms with van der Waals surface area (Å²) in [5.74, 6) is 0.240. The van der Waals surface area contributed by atoms with E-state index in [-0.39, 0.29) is 11.7 Å². The predicted molar refractivity (Wildman–Crippen MR) is 106 cm³/mol. The zero-order valence-electron chi connectivity index (χ0n) is 15.2. The van der Waals surface area contributed by atoms with Gasteiger partial charge in [0.2, 0.25) is 5.43 Å². The predicted octanol–water partition coefficient (Wildman–Crippen LogP) is 3.45. The van der Waals surface area contributed by atoms with Crippen molar-refractivity contribution in [2.45, 2.75) is 19.4 Å². The lowest BCUT2D eigenvalue weighted by atomic mass is 10.0. The number of nitrogens with one attached hydrogen (secondary N) is 1. The molecule has 1 aromatic heterocycles. The highest BCUT2D eigenvalue weighted by molar-refractivity contribution is 6.30. The largest absolute Gasteiger partial charge is 0.493 e. The van der Waals surface area contributed by atoms with E-state index in [9.17, 15) is 9.59 Å². The normalized spacial score (nSPS) is 15.4. The Bertz CT molecular complexity index is 1090. The molecule has 1 atom stereocenters. The third-order valence-electron chi connectivity index (χ3n) is 4.66. The van der Waals surface area contributed by atoms with E-state index in [4.69, 9.17) is 16.3 Å². The molecule has 0 aliphatic carbocycles. The topological polar surface area (TPSA) is 73.2 Å². The summed E-state index contributed by atoms with van der Waals surface area (Å²) in [6.07, 6.45) is 0.625. The number of fused-ring (bicyclic) bond motifs is 1. The standard InChI is InChI=1S/C21H18ClN3O3/c1-13-12-18(26)20(24-25(13)15-8-6-14(22)7-9-15)21(27)23-17-10-11-28-19-5-3-2-4-16(17)19/h2-9,12,17H,10-11H2,1H3,(H,23,27)/t17-/m1/s1. The number of rotatable bonds is 3. The monoisotopic (exact) mass is 395 g/mol. The minimum Gasteiger partial charge on any atom is -0.493 e. The van der Waals surface area contributed by atoms with E-state index in [2.05, 4.69) is 10.4 Å². The van der Waals surface area contributed by atoms with Crippen LogP contribution in [-0.2, 0) is 0 Å².